The Hall–Kier alpha value is -1.53. The molecule has 1 aliphatic heterocycles. The molecule has 9 nitrogen and oxygen atoms in total. The molecule has 1 heterocycles. The summed E-state index contributed by atoms with van der Waals surface area (Å²) in [5.74, 6) is -1.86. The van der Waals surface area contributed by atoms with Crippen molar-refractivity contribution in [1.82, 2.24) is 4.31 Å². The molecule has 2 rings (SSSR count). The minimum atomic E-state index is -4.29. The van der Waals surface area contributed by atoms with Crippen LogP contribution in [-0.2, 0) is 19.9 Å². The molecule has 0 saturated carbocycles. The van der Waals surface area contributed by atoms with Gasteiger partial charge < -0.3 is 15.3 Å². The number of nitrogens with zero attached hydrogens (tertiary/aromatic N) is 1. The molecular weight excluding hydrogens is 386 g/mol. The quantitative estimate of drug-likeness (QED) is 0.533. The van der Waals surface area contributed by atoms with Gasteiger partial charge in [0.2, 0.25) is 10.0 Å². The molecule has 1 fully saturated rings. The Bertz CT molecular complexity index is 894. The standard InChI is InChI=1S/C15H21NO8S2/c1-10-2-3-11(15(19)20)6-14(10)26(23,24)16(7-13(18)8-17)12-4-5-25(21,22)9-12/h2-3,6,12-13,17-18H,4-5,7-9H2,1H3,(H,19,20)/t12-,13-/m0/s1. The predicted octanol–water partition coefficient (Wildman–Crippen LogP) is -0.776. The van der Waals surface area contributed by atoms with Gasteiger partial charge in [-0.05, 0) is 31.0 Å². The fourth-order valence-corrected chi connectivity index (χ4v) is 6.62. The Kier molecular flexibility index (Phi) is 6.08. The van der Waals surface area contributed by atoms with Gasteiger partial charge in [0.1, 0.15) is 0 Å². The minimum Gasteiger partial charge on any atom is -0.478 e. The second-order valence-electron chi connectivity index (χ2n) is 6.25. The van der Waals surface area contributed by atoms with Crippen molar-refractivity contribution < 1.29 is 36.9 Å². The van der Waals surface area contributed by atoms with E-state index in [1.807, 2.05) is 0 Å². The van der Waals surface area contributed by atoms with E-state index in [-0.39, 0.29) is 28.4 Å². The van der Waals surface area contributed by atoms with E-state index in [4.69, 9.17) is 10.2 Å². The van der Waals surface area contributed by atoms with E-state index in [1.165, 1.54) is 19.1 Å². The summed E-state index contributed by atoms with van der Waals surface area (Å²) >= 11 is 0. The van der Waals surface area contributed by atoms with E-state index < -0.39 is 51.1 Å². The van der Waals surface area contributed by atoms with Crippen molar-refractivity contribution in [3.8, 4) is 0 Å². The van der Waals surface area contributed by atoms with Crippen LogP contribution in [0.1, 0.15) is 22.3 Å². The van der Waals surface area contributed by atoms with Crippen LogP contribution in [0.25, 0.3) is 0 Å². The topological polar surface area (TPSA) is 149 Å². The van der Waals surface area contributed by atoms with Crippen LogP contribution >= 0.6 is 0 Å². The molecule has 0 unspecified atom stereocenters. The number of rotatable bonds is 7. The molecule has 0 aliphatic carbocycles. The molecular formula is C15H21NO8S2. The summed E-state index contributed by atoms with van der Waals surface area (Å²) in [4.78, 5) is 10.9. The molecule has 0 spiro atoms. The lowest BCUT2D eigenvalue weighted by Crippen LogP contribution is -2.46. The molecule has 1 aromatic rings. The SMILES string of the molecule is Cc1ccc(C(=O)O)cc1S(=O)(=O)N(C[C@H](O)CO)[C@H]1CCS(=O)(=O)C1. The summed E-state index contributed by atoms with van der Waals surface area (Å²) in [5.41, 5.74) is 0.0650. The van der Waals surface area contributed by atoms with Crippen LogP contribution in [0, 0.1) is 6.92 Å². The summed E-state index contributed by atoms with van der Waals surface area (Å²) in [6, 6.07) is 2.74. The van der Waals surface area contributed by atoms with E-state index in [1.54, 1.807) is 0 Å². The molecule has 1 saturated heterocycles. The van der Waals surface area contributed by atoms with Gasteiger partial charge in [0, 0.05) is 12.6 Å². The first-order valence-electron chi connectivity index (χ1n) is 7.83. The van der Waals surface area contributed by atoms with Crippen molar-refractivity contribution in [2.75, 3.05) is 24.7 Å². The average molecular weight is 407 g/mol. The van der Waals surface area contributed by atoms with Gasteiger partial charge in [-0.1, -0.05) is 6.07 Å². The Labute approximate surface area is 151 Å². The van der Waals surface area contributed by atoms with Gasteiger partial charge in [-0.25, -0.2) is 21.6 Å². The van der Waals surface area contributed by atoms with E-state index in [0.29, 0.717) is 5.56 Å². The highest BCUT2D eigenvalue weighted by atomic mass is 32.2. The number of sulfonamides is 1. The Morgan fingerprint density at radius 1 is 1.38 bits per heavy atom. The maximum absolute atomic E-state index is 13.1. The number of aliphatic hydroxyl groups excluding tert-OH is 2. The molecule has 11 heteroatoms. The first kappa shape index (κ1) is 20.8. The number of hydrogen-bond donors (Lipinski definition) is 3. The van der Waals surface area contributed by atoms with Crippen LogP contribution in [-0.4, -0.2) is 79.2 Å². The summed E-state index contributed by atoms with van der Waals surface area (Å²) in [6.45, 7) is 0.306. The van der Waals surface area contributed by atoms with Crippen LogP contribution in [0.3, 0.4) is 0 Å². The highest BCUT2D eigenvalue weighted by Gasteiger charge is 2.40. The number of carbonyl (C=O) groups is 1. The number of aromatic carboxylic acids is 1. The van der Waals surface area contributed by atoms with Crippen LogP contribution < -0.4 is 0 Å². The number of benzene rings is 1. The van der Waals surface area contributed by atoms with Crippen LogP contribution in [0.15, 0.2) is 23.1 Å². The van der Waals surface area contributed by atoms with Gasteiger partial charge >= 0.3 is 5.97 Å². The molecule has 2 atom stereocenters. The summed E-state index contributed by atoms with van der Waals surface area (Å²) < 4.78 is 50.6. The second-order valence-corrected chi connectivity index (χ2v) is 10.3. The van der Waals surface area contributed by atoms with E-state index in [2.05, 4.69) is 0 Å². The first-order valence-corrected chi connectivity index (χ1v) is 11.1. The molecule has 3 N–H and O–H groups in total. The number of carboxylic acid groups (broad SMARTS) is 1. The Balaban J connectivity index is 2.52. The van der Waals surface area contributed by atoms with Gasteiger partial charge in [0.05, 0.1) is 34.7 Å². The number of sulfone groups is 1. The third-order valence-electron chi connectivity index (χ3n) is 4.24. The van der Waals surface area contributed by atoms with Gasteiger partial charge in [0.25, 0.3) is 0 Å². The maximum Gasteiger partial charge on any atom is 0.335 e. The first-order chi connectivity index (χ1) is 12.0. The zero-order valence-corrected chi connectivity index (χ0v) is 15.7. The molecule has 1 aliphatic rings. The van der Waals surface area contributed by atoms with E-state index >= 15 is 0 Å². The zero-order chi connectivity index (χ0) is 19.7. The number of aliphatic hydroxyl groups is 2. The summed E-state index contributed by atoms with van der Waals surface area (Å²) in [6.07, 6.45) is -1.33. The van der Waals surface area contributed by atoms with Crippen LogP contribution in [0.2, 0.25) is 0 Å². The molecule has 26 heavy (non-hydrogen) atoms. The zero-order valence-electron chi connectivity index (χ0n) is 14.1. The van der Waals surface area contributed by atoms with Gasteiger partial charge in [0.15, 0.2) is 9.84 Å². The van der Waals surface area contributed by atoms with Crippen LogP contribution in [0.5, 0.6) is 0 Å². The third-order valence-corrected chi connectivity index (χ3v) is 8.05. The monoisotopic (exact) mass is 407 g/mol. The molecule has 146 valence electrons. The van der Waals surface area contributed by atoms with Crippen molar-refractivity contribution in [1.29, 1.82) is 0 Å². The molecule has 0 bridgehead atoms. The Morgan fingerprint density at radius 3 is 2.54 bits per heavy atom. The molecule has 0 aromatic heterocycles. The average Bonchev–Trinajstić information content (AvgIpc) is 2.91. The lowest BCUT2D eigenvalue weighted by Gasteiger charge is -2.29. The smallest absolute Gasteiger partial charge is 0.335 e. The molecule has 0 amide bonds. The largest absolute Gasteiger partial charge is 0.478 e. The van der Waals surface area contributed by atoms with Crippen molar-refractivity contribution in [3.63, 3.8) is 0 Å². The van der Waals surface area contributed by atoms with Crippen molar-refractivity contribution in [3.05, 3.63) is 29.3 Å². The Morgan fingerprint density at radius 2 is 2.04 bits per heavy atom. The normalized spacial score (nSPS) is 21.0. The minimum absolute atomic E-state index is 0.0668. The lowest BCUT2D eigenvalue weighted by molar-refractivity contribution is 0.0696. The fraction of sp³-hybridized carbons (Fsp3) is 0.533. The second kappa shape index (κ2) is 7.61. The predicted molar refractivity (Wildman–Crippen MR) is 92.2 cm³/mol. The van der Waals surface area contributed by atoms with Gasteiger partial charge in [-0.15, -0.1) is 0 Å². The van der Waals surface area contributed by atoms with Crippen LogP contribution in [0.4, 0.5) is 0 Å². The fourth-order valence-electron chi connectivity index (χ4n) is 2.85. The third kappa shape index (κ3) is 4.41. The summed E-state index contributed by atoms with van der Waals surface area (Å²) in [7, 11) is -7.69. The van der Waals surface area contributed by atoms with Gasteiger partial charge in [-0.2, -0.15) is 4.31 Å². The summed E-state index contributed by atoms with van der Waals surface area (Å²) in [5, 5.41) is 27.9. The van der Waals surface area contributed by atoms with E-state index in [9.17, 15) is 26.7 Å². The van der Waals surface area contributed by atoms with E-state index in [0.717, 1.165) is 10.4 Å². The molecule has 0 radical (unpaired) electrons. The van der Waals surface area contributed by atoms with Crippen molar-refractivity contribution in [2.45, 2.75) is 30.4 Å². The lowest BCUT2D eigenvalue weighted by atomic mass is 10.1. The highest BCUT2D eigenvalue weighted by Crippen LogP contribution is 2.28. The van der Waals surface area contributed by atoms with Crippen molar-refractivity contribution >= 4 is 25.8 Å². The number of hydrogen-bond acceptors (Lipinski definition) is 7. The number of aryl methyl sites for hydroxylation is 1. The van der Waals surface area contributed by atoms with Gasteiger partial charge in [-0.3, -0.25) is 0 Å². The highest BCUT2D eigenvalue weighted by molar-refractivity contribution is 7.92. The maximum atomic E-state index is 13.1. The molecule has 1 aromatic carbocycles. The number of carboxylic acids is 1. The van der Waals surface area contributed by atoms with Crippen molar-refractivity contribution in [2.24, 2.45) is 0 Å².